The van der Waals surface area contributed by atoms with Gasteiger partial charge in [-0.25, -0.2) is 4.98 Å². The fourth-order valence-corrected chi connectivity index (χ4v) is 3.45. The van der Waals surface area contributed by atoms with Crippen LogP contribution < -0.4 is 4.90 Å². The van der Waals surface area contributed by atoms with Gasteiger partial charge in [0, 0.05) is 49.7 Å². The van der Waals surface area contributed by atoms with Gasteiger partial charge in [0.25, 0.3) is 0 Å². The molecule has 126 valence electrons. The number of carbonyl (C=O) groups is 1. The highest BCUT2D eigenvalue weighted by Gasteiger charge is 2.23. The first-order chi connectivity index (χ1) is 11.6. The molecule has 6 nitrogen and oxygen atoms in total. The average molecular weight is 343 g/mol. The van der Waals surface area contributed by atoms with Crippen LogP contribution in [0.2, 0.25) is 0 Å². The smallest absolute Gasteiger partial charge is 0.233 e. The molecular formula is C17H21N5OS. The molecular weight excluding hydrogens is 322 g/mol. The zero-order valence-electron chi connectivity index (χ0n) is 14.0. The topological polar surface area (TPSA) is 62.2 Å². The lowest BCUT2D eigenvalue weighted by atomic mass is 10.3. The molecule has 1 aliphatic heterocycles. The van der Waals surface area contributed by atoms with Crippen LogP contribution in [0.1, 0.15) is 11.4 Å². The van der Waals surface area contributed by atoms with Crippen molar-refractivity contribution in [2.24, 2.45) is 0 Å². The van der Waals surface area contributed by atoms with Crippen LogP contribution in [-0.2, 0) is 4.79 Å². The third-order valence-corrected chi connectivity index (χ3v) is 4.99. The van der Waals surface area contributed by atoms with Crippen LogP contribution in [0.4, 0.5) is 5.82 Å². The van der Waals surface area contributed by atoms with E-state index in [-0.39, 0.29) is 5.91 Å². The van der Waals surface area contributed by atoms with Gasteiger partial charge in [-0.1, -0.05) is 0 Å². The molecule has 24 heavy (non-hydrogen) atoms. The van der Waals surface area contributed by atoms with E-state index in [1.807, 2.05) is 30.9 Å². The number of aromatic nitrogens is 3. The van der Waals surface area contributed by atoms with Crippen molar-refractivity contribution in [2.45, 2.75) is 18.7 Å². The Morgan fingerprint density at radius 3 is 2.58 bits per heavy atom. The highest BCUT2D eigenvalue weighted by atomic mass is 32.2. The van der Waals surface area contributed by atoms with Crippen molar-refractivity contribution < 1.29 is 4.79 Å². The van der Waals surface area contributed by atoms with Crippen LogP contribution in [0.15, 0.2) is 35.6 Å². The summed E-state index contributed by atoms with van der Waals surface area (Å²) >= 11 is 1.56. The van der Waals surface area contributed by atoms with Crippen LogP contribution in [0, 0.1) is 13.8 Å². The maximum absolute atomic E-state index is 12.4. The number of hydrogen-bond acceptors (Lipinski definition) is 6. The molecule has 0 bridgehead atoms. The normalized spacial score (nSPS) is 14.8. The molecule has 0 unspecified atom stereocenters. The summed E-state index contributed by atoms with van der Waals surface area (Å²) in [5.41, 5.74) is 1.86. The molecule has 0 aromatic carbocycles. The Balaban J connectivity index is 1.53. The highest BCUT2D eigenvalue weighted by molar-refractivity contribution is 8.00. The number of thioether (sulfide) groups is 1. The molecule has 0 spiro atoms. The molecule has 2 aromatic rings. The summed E-state index contributed by atoms with van der Waals surface area (Å²) in [6.07, 6.45) is 5.28. The van der Waals surface area contributed by atoms with Gasteiger partial charge in [-0.05, 0) is 26.0 Å². The number of rotatable bonds is 4. The van der Waals surface area contributed by atoms with E-state index in [0.717, 1.165) is 48.3 Å². The SMILES string of the molecule is Cc1cnc(C)c(N2CCN(C(=O)CSc3ccncc3)CC2)n1. The zero-order chi connectivity index (χ0) is 16.9. The molecule has 7 heteroatoms. The highest BCUT2D eigenvalue weighted by Crippen LogP contribution is 2.19. The van der Waals surface area contributed by atoms with Gasteiger partial charge < -0.3 is 9.80 Å². The summed E-state index contributed by atoms with van der Waals surface area (Å²) < 4.78 is 0. The zero-order valence-corrected chi connectivity index (χ0v) is 14.8. The second-order valence-corrected chi connectivity index (χ2v) is 6.81. The van der Waals surface area contributed by atoms with E-state index in [0.29, 0.717) is 5.75 Å². The Morgan fingerprint density at radius 1 is 1.17 bits per heavy atom. The Hall–Kier alpha value is -2.15. The quantitative estimate of drug-likeness (QED) is 0.791. The first kappa shape index (κ1) is 16.7. The number of aryl methyl sites for hydroxylation is 2. The number of carbonyl (C=O) groups excluding carboxylic acids is 1. The van der Waals surface area contributed by atoms with Crippen LogP contribution >= 0.6 is 11.8 Å². The van der Waals surface area contributed by atoms with E-state index in [2.05, 4.69) is 19.9 Å². The van der Waals surface area contributed by atoms with Gasteiger partial charge in [-0.15, -0.1) is 11.8 Å². The molecule has 1 amide bonds. The molecule has 0 saturated carbocycles. The Kier molecular flexibility index (Phi) is 5.30. The third kappa shape index (κ3) is 4.03. The molecule has 3 rings (SSSR count). The Morgan fingerprint density at radius 2 is 1.88 bits per heavy atom. The van der Waals surface area contributed by atoms with Crippen molar-refractivity contribution in [1.82, 2.24) is 19.9 Å². The minimum atomic E-state index is 0.184. The molecule has 2 aromatic heterocycles. The lowest BCUT2D eigenvalue weighted by Crippen LogP contribution is -2.49. The Labute approximate surface area is 146 Å². The Bertz CT molecular complexity index is 701. The van der Waals surface area contributed by atoms with Crippen molar-refractivity contribution in [2.75, 3.05) is 36.8 Å². The molecule has 0 radical (unpaired) electrons. The van der Waals surface area contributed by atoms with Crippen LogP contribution in [0.25, 0.3) is 0 Å². The van der Waals surface area contributed by atoms with Crippen molar-refractivity contribution in [3.63, 3.8) is 0 Å². The fraction of sp³-hybridized carbons (Fsp3) is 0.412. The van der Waals surface area contributed by atoms with Gasteiger partial charge in [-0.3, -0.25) is 14.8 Å². The van der Waals surface area contributed by atoms with Gasteiger partial charge in [0.05, 0.1) is 17.1 Å². The van der Waals surface area contributed by atoms with Crippen molar-refractivity contribution in [3.05, 3.63) is 42.1 Å². The molecule has 1 saturated heterocycles. The molecule has 0 N–H and O–H groups in total. The number of hydrogen-bond donors (Lipinski definition) is 0. The van der Waals surface area contributed by atoms with E-state index in [1.54, 1.807) is 30.4 Å². The van der Waals surface area contributed by atoms with Crippen molar-refractivity contribution in [1.29, 1.82) is 0 Å². The first-order valence-corrected chi connectivity index (χ1v) is 8.98. The lowest BCUT2D eigenvalue weighted by Gasteiger charge is -2.35. The third-order valence-electron chi connectivity index (χ3n) is 3.99. The van der Waals surface area contributed by atoms with Crippen molar-refractivity contribution >= 4 is 23.5 Å². The van der Waals surface area contributed by atoms with E-state index >= 15 is 0 Å². The fourth-order valence-electron chi connectivity index (χ4n) is 2.66. The predicted octanol–water partition coefficient (Wildman–Crippen LogP) is 1.93. The molecule has 0 aliphatic carbocycles. The molecule has 3 heterocycles. The molecule has 0 atom stereocenters. The number of amides is 1. The monoisotopic (exact) mass is 343 g/mol. The van der Waals surface area contributed by atoms with Crippen LogP contribution in [0.5, 0.6) is 0 Å². The minimum Gasteiger partial charge on any atom is -0.352 e. The summed E-state index contributed by atoms with van der Waals surface area (Å²) in [6, 6.07) is 3.85. The first-order valence-electron chi connectivity index (χ1n) is 7.99. The maximum Gasteiger partial charge on any atom is 0.233 e. The average Bonchev–Trinajstić information content (AvgIpc) is 2.63. The number of piperazine rings is 1. The van der Waals surface area contributed by atoms with E-state index in [4.69, 9.17) is 0 Å². The molecule has 1 aliphatic rings. The molecule has 1 fully saturated rings. The van der Waals surface area contributed by atoms with E-state index in [1.165, 1.54) is 0 Å². The largest absolute Gasteiger partial charge is 0.352 e. The van der Waals surface area contributed by atoms with Crippen LogP contribution in [0.3, 0.4) is 0 Å². The van der Waals surface area contributed by atoms with Crippen LogP contribution in [-0.4, -0.2) is 57.7 Å². The number of anilines is 1. The number of nitrogens with zero attached hydrogens (tertiary/aromatic N) is 5. The van der Waals surface area contributed by atoms with Gasteiger partial charge in [-0.2, -0.15) is 0 Å². The van der Waals surface area contributed by atoms with Gasteiger partial charge >= 0.3 is 0 Å². The second kappa shape index (κ2) is 7.61. The van der Waals surface area contributed by atoms with Gasteiger partial charge in [0.2, 0.25) is 5.91 Å². The summed E-state index contributed by atoms with van der Waals surface area (Å²) in [4.78, 5) is 30.6. The van der Waals surface area contributed by atoms with E-state index < -0.39 is 0 Å². The van der Waals surface area contributed by atoms with Gasteiger partial charge in [0.1, 0.15) is 5.82 Å². The lowest BCUT2D eigenvalue weighted by molar-refractivity contribution is -0.128. The summed E-state index contributed by atoms with van der Waals surface area (Å²) in [5, 5.41) is 0. The van der Waals surface area contributed by atoms with E-state index in [9.17, 15) is 4.79 Å². The summed E-state index contributed by atoms with van der Waals surface area (Å²) in [7, 11) is 0. The summed E-state index contributed by atoms with van der Waals surface area (Å²) in [5.74, 6) is 1.59. The second-order valence-electron chi connectivity index (χ2n) is 5.76. The number of pyridine rings is 1. The standard InChI is InChI=1S/C17H21N5OS/c1-13-11-19-14(2)17(20-13)22-9-7-21(8-10-22)16(23)12-24-15-3-5-18-6-4-15/h3-6,11H,7-10,12H2,1-2H3. The maximum atomic E-state index is 12.4. The van der Waals surface area contributed by atoms with Gasteiger partial charge in [0.15, 0.2) is 0 Å². The minimum absolute atomic E-state index is 0.184. The van der Waals surface area contributed by atoms with Crippen molar-refractivity contribution in [3.8, 4) is 0 Å². The predicted molar refractivity (Wildman–Crippen MR) is 95.3 cm³/mol. The summed E-state index contributed by atoms with van der Waals surface area (Å²) in [6.45, 7) is 6.97.